The number of nitrogens with two attached hydrogens (primary N) is 1. The minimum absolute atomic E-state index is 0.0218. The molecule has 1 saturated carbocycles. The molecule has 2 unspecified atom stereocenters. The molecule has 1 aliphatic carbocycles. The third-order valence-corrected chi connectivity index (χ3v) is 6.52. The maximum Gasteiger partial charge on any atom is 0.240 e. The Morgan fingerprint density at radius 3 is 2.76 bits per heavy atom. The average Bonchev–Trinajstić information content (AvgIpc) is 2.47. The monoisotopic (exact) mass is 332 g/mol. The zero-order chi connectivity index (χ0) is 15.5. The van der Waals surface area contributed by atoms with E-state index in [1.807, 2.05) is 6.26 Å². The molecule has 0 aliphatic heterocycles. The summed E-state index contributed by atoms with van der Waals surface area (Å²) in [6.07, 6.45) is 6.03. The predicted molar refractivity (Wildman–Crippen MR) is 84.2 cm³/mol. The lowest BCUT2D eigenvalue weighted by molar-refractivity contribution is 0.423. The number of nitrogens with one attached hydrogen (secondary N) is 1. The van der Waals surface area contributed by atoms with Crippen LogP contribution in [0.1, 0.15) is 31.2 Å². The molecule has 2 atom stereocenters. The first-order chi connectivity index (χ1) is 9.97. The Hall–Kier alpha value is -0.630. The highest BCUT2D eigenvalue weighted by Gasteiger charge is 2.29. The second-order valence-corrected chi connectivity index (χ2v) is 8.03. The Balaban J connectivity index is 2.21. The Labute approximate surface area is 129 Å². The van der Waals surface area contributed by atoms with E-state index >= 15 is 0 Å². The predicted octanol–water partition coefficient (Wildman–Crippen LogP) is 2.24. The van der Waals surface area contributed by atoms with Crippen molar-refractivity contribution >= 4 is 21.8 Å². The van der Waals surface area contributed by atoms with Gasteiger partial charge in [0.2, 0.25) is 10.0 Å². The summed E-state index contributed by atoms with van der Waals surface area (Å²) >= 11 is 1.69. The lowest BCUT2D eigenvalue weighted by Gasteiger charge is -2.30. The fraction of sp³-hybridized carbons (Fsp3) is 0.571. The van der Waals surface area contributed by atoms with E-state index in [0.29, 0.717) is 5.25 Å². The van der Waals surface area contributed by atoms with Crippen molar-refractivity contribution in [3.05, 3.63) is 29.6 Å². The van der Waals surface area contributed by atoms with Crippen molar-refractivity contribution in [1.82, 2.24) is 4.72 Å². The van der Waals surface area contributed by atoms with Crippen LogP contribution in [0.4, 0.5) is 4.39 Å². The summed E-state index contributed by atoms with van der Waals surface area (Å²) in [5, 5.41) is 0.294. The van der Waals surface area contributed by atoms with Gasteiger partial charge in [0.1, 0.15) is 5.82 Å². The van der Waals surface area contributed by atoms with Gasteiger partial charge in [-0.1, -0.05) is 12.8 Å². The second kappa shape index (κ2) is 7.09. The van der Waals surface area contributed by atoms with Crippen LogP contribution < -0.4 is 10.5 Å². The van der Waals surface area contributed by atoms with Crippen LogP contribution in [0.25, 0.3) is 0 Å². The van der Waals surface area contributed by atoms with Gasteiger partial charge >= 0.3 is 0 Å². The zero-order valence-electron chi connectivity index (χ0n) is 12.0. The van der Waals surface area contributed by atoms with Gasteiger partial charge in [0.25, 0.3) is 0 Å². The van der Waals surface area contributed by atoms with Gasteiger partial charge < -0.3 is 5.73 Å². The molecule has 21 heavy (non-hydrogen) atoms. The van der Waals surface area contributed by atoms with Gasteiger partial charge in [0.15, 0.2) is 0 Å². The van der Waals surface area contributed by atoms with Gasteiger partial charge in [0.05, 0.1) is 4.90 Å². The topological polar surface area (TPSA) is 72.2 Å². The van der Waals surface area contributed by atoms with E-state index in [2.05, 4.69) is 4.72 Å². The van der Waals surface area contributed by atoms with E-state index in [9.17, 15) is 12.8 Å². The van der Waals surface area contributed by atoms with Crippen LogP contribution in [0.3, 0.4) is 0 Å². The molecule has 0 saturated heterocycles. The highest BCUT2D eigenvalue weighted by Crippen LogP contribution is 2.28. The van der Waals surface area contributed by atoms with E-state index < -0.39 is 15.8 Å². The number of hydrogen-bond acceptors (Lipinski definition) is 4. The maximum absolute atomic E-state index is 13.4. The fourth-order valence-electron chi connectivity index (χ4n) is 2.66. The van der Waals surface area contributed by atoms with Crippen molar-refractivity contribution in [3.8, 4) is 0 Å². The Morgan fingerprint density at radius 2 is 2.10 bits per heavy atom. The van der Waals surface area contributed by atoms with Gasteiger partial charge in [-0.2, -0.15) is 11.8 Å². The van der Waals surface area contributed by atoms with E-state index in [4.69, 9.17) is 5.73 Å². The van der Waals surface area contributed by atoms with Gasteiger partial charge in [-0.05, 0) is 37.3 Å². The molecule has 4 nitrogen and oxygen atoms in total. The molecule has 0 amide bonds. The molecule has 1 aromatic rings. The minimum atomic E-state index is -3.64. The molecule has 3 N–H and O–H groups in total. The average molecular weight is 332 g/mol. The zero-order valence-corrected chi connectivity index (χ0v) is 13.6. The lowest BCUT2D eigenvalue weighted by atomic mass is 9.96. The Morgan fingerprint density at radius 1 is 1.38 bits per heavy atom. The molecular weight excluding hydrogens is 311 g/mol. The normalized spacial score (nSPS) is 23.2. The van der Waals surface area contributed by atoms with Crippen molar-refractivity contribution < 1.29 is 12.8 Å². The largest absolute Gasteiger partial charge is 0.326 e. The first-order valence-electron chi connectivity index (χ1n) is 7.01. The summed E-state index contributed by atoms with van der Waals surface area (Å²) in [6, 6.07) is 3.69. The molecule has 7 heteroatoms. The van der Waals surface area contributed by atoms with Crippen LogP contribution >= 0.6 is 11.8 Å². The van der Waals surface area contributed by atoms with Crippen molar-refractivity contribution in [2.75, 3.05) is 6.26 Å². The van der Waals surface area contributed by atoms with Crippen LogP contribution in [0.15, 0.2) is 23.1 Å². The van der Waals surface area contributed by atoms with Gasteiger partial charge in [-0.15, -0.1) is 0 Å². The number of rotatable bonds is 5. The second-order valence-electron chi connectivity index (χ2n) is 5.24. The van der Waals surface area contributed by atoms with Crippen molar-refractivity contribution in [1.29, 1.82) is 0 Å². The molecule has 2 rings (SSSR count). The van der Waals surface area contributed by atoms with Crippen LogP contribution in [0.5, 0.6) is 0 Å². The lowest BCUT2D eigenvalue weighted by Crippen LogP contribution is -2.43. The summed E-state index contributed by atoms with van der Waals surface area (Å²) in [5.74, 6) is -0.476. The summed E-state index contributed by atoms with van der Waals surface area (Å²) in [4.78, 5) is 0.0785. The molecule has 118 valence electrons. The maximum atomic E-state index is 13.4. The third-order valence-electron chi connectivity index (χ3n) is 3.86. The highest BCUT2D eigenvalue weighted by atomic mass is 32.2. The van der Waals surface area contributed by atoms with Crippen LogP contribution in [-0.2, 0) is 16.6 Å². The molecule has 0 bridgehead atoms. The summed E-state index contributed by atoms with van der Waals surface area (Å²) in [6.45, 7) is -0.0218. The summed E-state index contributed by atoms with van der Waals surface area (Å²) in [5.41, 5.74) is 5.64. The molecule has 0 aromatic heterocycles. The molecule has 0 heterocycles. The number of halogens is 1. The molecule has 1 fully saturated rings. The van der Waals surface area contributed by atoms with E-state index in [0.717, 1.165) is 31.7 Å². The van der Waals surface area contributed by atoms with Crippen molar-refractivity contribution in [3.63, 3.8) is 0 Å². The number of benzene rings is 1. The third kappa shape index (κ3) is 3.97. The van der Waals surface area contributed by atoms with Gasteiger partial charge in [0, 0.05) is 23.4 Å². The number of thioether (sulfide) groups is 1. The fourth-order valence-corrected chi connectivity index (χ4v) is 5.04. The smallest absolute Gasteiger partial charge is 0.240 e. The van der Waals surface area contributed by atoms with Gasteiger partial charge in [-0.25, -0.2) is 17.5 Å². The molecule has 0 spiro atoms. The standard InChI is InChI=1S/C14H21FN2O2S2/c1-20-14-5-3-2-4-13(14)17-21(18,19)11-6-7-12(15)10(8-11)9-16/h6-8,13-14,17H,2-5,9,16H2,1H3. The first kappa shape index (κ1) is 16.7. The van der Waals surface area contributed by atoms with E-state index in [1.54, 1.807) is 11.8 Å². The molecule has 1 aromatic carbocycles. The number of sulfonamides is 1. The first-order valence-corrected chi connectivity index (χ1v) is 9.78. The number of hydrogen-bond donors (Lipinski definition) is 2. The van der Waals surface area contributed by atoms with Crippen LogP contribution in [0.2, 0.25) is 0 Å². The SMILES string of the molecule is CSC1CCCCC1NS(=O)(=O)c1ccc(F)c(CN)c1. The van der Waals surface area contributed by atoms with E-state index in [-0.39, 0.29) is 23.0 Å². The quantitative estimate of drug-likeness (QED) is 0.867. The molecule has 0 radical (unpaired) electrons. The Kier molecular flexibility index (Phi) is 5.65. The summed E-state index contributed by atoms with van der Waals surface area (Å²) in [7, 11) is -3.64. The van der Waals surface area contributed by atoms with Crippen molar-refractivity contribution in [2.24, 2.45) is 5.73 Å². The van der Waals surface area contributed by atoms with Crippen LogP contribution in [-0.4, -0.2) is 26.0 Å². The van der Waals surface area contributed by atoms with Crippen LogP contribution in [0, 0.1) is 5.82 Å². The molecule has 1 aliphatic rings. The van der Waals surface area contributed by atoms with Crippen molar-refractivity contribution in [2.45, 2.75) is 48.4 Å². The van der Waals surface area contributed by atoms with E-state index in [1.165, 1.54) is 12.1 Å². The minimum Gasteiger partial charge on any atom is -0.326 e. The Bertz CT molecular complexity index is 593. The van der Waals surface area contributed by atoms with Gasteiger partial charge in [-0.3, -0.25) is 0 Å². The summed E-state index contributed by atoms with van der Waals surface area (Å²) < 4.78 is 41.1. The highest BCUT2D eigenvalue weighted by molar-refractivity contribution is 7.99. The molecular formula is C14H21FN2O2S2.